The van der Waals surface area contributed by atoms with E-state index in [0.29, 0.717) is 17.2 Å². The van der Waals surface area contributed by atoms with Gasteiger partial charge >= 0.3 is 0 Å². The van der Waals surface area contributed by atoms with Gasteiger partial charge in [0, 0.05) is 67.3 Å². The highest BCUT2D eigenvalue weighted by atomic mass is 19.1. The maximum atomic E-state index is 14.0. The molecular formula is C25H26F2N4. The maximum Gasteiger partial charge on any atom is 0.135 e. The summed E-state index contributed by atoms with van der Waals surface area (Å²) in [5.41, 5.74) is 4.30. The first-order valence-corrected chi connectivity index (χ1v) is 11.1. The van der Waals surface area contributed by atoms with Crippen molar-refractivity contribution >= 4 is 0 Å². The van der Waals surface area contributed by atoms with Gasteiger partial charge < -0.3 is 0 Å². The predicted molar refractivity (Wildman–Crippen MR) is 115 cm³/mol. The molecule has 1 aliphatic carbocycles. The second-order valence-electron chi connectivity index (χ2n) is 8.67. The van der Waals surface area contributed by atoms with Gasteiger partial charge in [-0.05, 0) is 36.6 Å². The number of hydrogen-bond acceptors (Lipinski definition) is 4. The quantitative estimate of drug-likeness (QED) is 0.565. The molecule has 0 unspecified atom stereocenters. The molecule has 31 heavy (non-hydrogen) atoms. The zero-order valence-corrected chi connectivity index (χ0v) is 17.5. The smallest absolute Gasteiger partial charge is 0.135 e. The molecule has 1 aliphatic heterocycles. The van der Waals surface area contributed by atoms with Gasteiger partial charge in [0.15, 0.2) is 0 Å². The van der Waals surface area contributed by atoms with Crippen LogP contribution in [-0.2, 0) is 19.5 Å². The van der Waals surface area contributed by atoms with Crippen LogP contribution in [0.15, 0.2) is 42.7 Å². The molecule has 2 aromatic heterocycles. The van der Waals surface area contributed by atoms with Gasteiger partial charge in [-0.25, -0.2) is 18.7 Å². The van der Waals surface area contributed by atoms with Crippen LogP contribution in [0.3, 0.4) is 0 Å². The number of pyridine rings is 1. The monoisotopic (exact) mass is 420 g/mol. The molecule has 0 radical (unpaired) electrons. The van der Waals surface area contributed by atoms with Crippen molar-refractivity contribution in [3.05, 3.63) is 77.0 Å². The highest BCUT2D eigenvalue weighted by Gasteiger charge is 2.23. The number of hydrogen-bond donors (Lipinski definition) is 0. The second-order valence-corrected chi connectivity index (χ2v) is 8.67. The lowest BCUT2D eigenvalue weighted by molar-refractivity contribution is 0.242. The Bertz CT molecular complexity index is 1060. The van der Waals surface area contributed by atoms with Crippen molar-refractivity contribution in [2.45, 2.75) is 57.5 Å². The zero-order valence-electron chi connectivity index (χ0n) is 17.5. The van der Waals surface area contributed by atoms with E-state index in [0.717, 1.165) is 43.5 Å². The molecule has 1 saturated carbocycles. The van der Waals surface area contributed by atoms with Crippen LogP contribution in [0, 0.1) is 11.6 Å². The van der Waals surface area contributed by atoms with Crippen LogP contribution < -0.4 is 0 Å². The summed E-state index contributed by atoms with van der Waals surface area (Å²) in [5, 5.41) is 0. The molecule has 6 heteroatoms. The van der Waals surface area contributed by atoms with Crippen LogP contribution in [0.2, 0.25) is 0 Å². The molecule has 0 amide bonds. The van der Waals surface area contributed by atoms with E-state index in [1.54, 1.807) is 12.3 Å². The third-order valence-corrected chi connectivity index (χ3v) is 6.44. The zero-order chi connectivity index (χ0) is 21.2. The Morgan fingerprint density at radius 2 is 1.84 bits per heavy atom. The fraction of sp³-hybridized carbons (Fsp3) is 0.400. The number of benzene rings is 1. The van der Waals surface area contributed by atoms with Gasteiger partial charge in [0.25, 0.3) is 0 Å². The summed E-state index contributed by atoms with van der Waals surface area (Å²) in [5.74, 6) is 0.394. The van der Waals surface area contributed by atoms with Gasteiger partial charge in [-0.2, -0.15) is 0 Å². The summed E-state index contributed by atoms with van der Waals surface area (Å²) in [6, 6.07) is 7.32. The Morgan fingerprint density at radius 3 is 2.61 bits per heavy atom. The van der Waals surface area contributed by atoms with E-state index in [1.165, 1.54) is 55.5 Å². The highest BCUT2D eigenvalue weighted by molar-refractivity contribution is 5.59. The molecule has 0 bridgehead atoms. The van der Waals surface area contributed by atoms with Crippen molar-refractivity contribution in [3.8, 4) is 11.3 Å². The molecule has 1 aromatic carbocycles. The first kappa shape index (κ1) is 20.2. The van der Waals surface area contributed by atoms with Crippen LogP contribution in [0.4, 0.5) is 8.78 Å². The van der Waals surface area contributed by atoms with Gasteiger partial charge in [-0.3, -0.25) is 9.88 Å². The Morgan fingerprint density at radius 1 is 0.968 bits per heavy atom. The van der Waals surface area contributed by atoms with Gasteiger partial charge in [-0.1, -0.05) is 25.3 Å². The van der Waals surface area contributed by atoms with Gasteiger partial charge in [-0.15, -0.1) is 0 Å². The number of halogens is 2. The standard InChI is InChI=1S/C25H26F2N4/c26-20-7-8-21(22(27)12-20)24-9-6-17(13-28-24)15-31-11-10-23-19(16-31)14-29-25(30-23)18-4-2-1-3-5-18/h6-9,12-14,18H,1-5,10-11,15-16H2. The minimum atomic E-state index is -0.597. The van der Waals surface area contributed by atoms with E-state index in [9.17, 15) is 8.78 Å². The third kappa shape index (κ3) is 4.49. The fourth-order valence-corrected chi connectivity index (χ4v) is 4.72. The van der Waals surface area contributed by atoms with Gasteiger partial charge in [0.2, 0.25) is 0 Å². The van der Waals surface area contributed by atoms with E-state index >= 15 is 0 Å². The molecule has 3 heterocycles. The number of fused-ring (bicyclic) bond motifs is 1. The van der Waals surface area contributed by atoms with Crippen LogP contribution in [0.25, 0.3) is 11.3 Å². The molecule has 0 N–H and O–H groups in total. The summed E-state index contributed by atoms with van der Waals surface area (Å²) < 4.78 is 27.1. The lowest BCUT2D eigenvalue weighted by Crippen LogP contribution is -2.31. The second kappa shape index (κ2) is 8.79. The van der Waals surface area contributed by atoms with Crippen LogP contribution in [0.5, 0.6) is 0 Å². The molecule has 0 spiro atoms. The molecule has 1 fully saturated rings. The predicted octanol–water partition coefficient (Wildman–Crippen LogP) is 5.42. The van der Waals surface area contributed by atoms with Crippen molar-refractivity contribution < 1.29 is 8.78 Å². The van der Waals surface area contributed by atoms with Crippen LogP contribution in [0.1, 0.15) is 60.7 Å². The van der Waals surface area contributed by atoms with Crippen molar-refractivity contribution in [1.29, 1.82) is 0 Å². The van der Waals surface area contributed by atoms with Crippen LogP contribution in [-0.4, -0.2) is 26.4 Å². The number of aromatic nitrogens is 3. The van der Waals surface area contributed by atoms with E-state index in [1.807, 2.05) is 12.3 Å². The Kier molecular flexibility index (Phi) is 5.72. The van der Waals surface area contributed by atoms with Crippen LogP contribution >= 0.6 is 0 Å². The average molecular weight is 421 g/mol. The molecular weight excluding hydrogens is 394 g/mol. The summed E-state index contributed by atoms with van der Waals surface area (Å²) in [6.07, 6.45) is 11.1. The van der Waals surface area contributed by atoms with Gasteiger partial charge in [0.1, 0.15) is 17.5 Å². The lowest BCUT2D eigenvalue weighted by atomic mass is 9.88. The van der Waals surface area contributed by atoms with E-state index in [4.69, 9.17) is 9.97 Å². The van der Waals surface area contributed by atoms with Crippen molar-refractivity contribution in [2.24, 2.45) is 0 Å². The molecule has 160 valence electrons. The number of nitrogens with zero attached hydrogens (tertiary/aromatic N) is 4. The number of rotatable bonds is 4. The van der Waals surface area contributed by atoms with E-state index < -0.39 is 11.6 Å². The minimum absolute atomic E-state index is 0.311. The summed E-state index contributed by atoms with van der Waals surface area (Å²) in [4.78, 5) is 16.4. The first-order valence-electron chi connectivity index (χ1n) is 11.1. The average Bonchev–Trinajstić information content (AvgIpc) is 2.80. The molecule has 5 rings (SSSR count). The SMILES string of the molecule is Fc1ccc(-c2ccc(CN3CCc4nc(C5CCCCC5)ncc4C3)cn2)c(F)c1. The maximum absolute atomic E-state index is 14.0. The fourth-order valence-electron chi connectivity index (χ4n) is 4.72. The Labute approximate surface area is 181 Å². The van der Waals surface area contributed by atoms with E-state index in [2.05, 4.69) is 9.88 Å². The molecule has 0 atom stereocenters. The van der Waals surface area contributed by atoms with E-state index in [-0.39, 0.29) is 0 Å². The summed E-state index contributed by atoms with van der Waals surface area (Å²) in [7, 11) is 0. The largest absolute Gasteiger partial charge is 0.294 e. The van der Waals surface area contributed by atoms with Gasteiger partial charge in [0.05, 0.1) is 5.69 Å². The Hall–Kier alpha value is -2.73. The molecule has 4 nitrogen and oxygen atoms in total. The first-order chi connectivity index (χ1) is 15.2. The molecule has 3 aromatic rings. The highest BCUT2D eigenvalue weighted by Crippen LogP contribution is 2.31. The normalized spacial score (nSPS) is 17.5. The third-order valence-electron chi connectivity index (χ3n) is 6.44. The summed E-state index contributed by atoms with van der Waals surface area (Å²) in [6.45, 7) is 2.54. The molecule has 0 saturated heterocycles. The van der Waals surface area contributed by atoms with Crippen molar-refractivity contribution in [3.63, 3.8) is 0 Å². The summed E-state index contributed by atoms with van der Waals surface area (Å²) >= 11 is 0. The Balaban J connectivity index is 1.24. The molecule has 2 aliphatic rings. The lowest BCUT2D eigenvalue weighted by Gasteiger charge is -2.29. The van der Waals surface area contributed by atoms with Crippen molar-refractivity contribution in [2.75, 3.05) is 6.54 Å². The minimum Gasteiger partial charge on any atom is -0.294 e. The topological polar surface area (TPSA) is 41.9 Å². The van der Waals surface area contributed by atoms with Crippen molar-refractivity contribution in [1.82, 2.24) is 19.9 Å².